The van der Waals surface area contributed by atoms with Gasteiger partial charge in [-0.3, -0.25) is 0 Å². The molecular weight excluding hydrogens is 298 g/mol. The van der Waals surface area contributed by atoms with Crippen LogP contribution >= 0.6 is 11.6 Å². The summed E-state index contributed by atoms with van der Waals surface area (Å²) in [5, 5.41) is 2.83. The summed E-state index contributed by atoms with van der Waals surface area (Å²) in [4.78, 5) is 8.15. The Bertz CT molecular complexity index is 839. The number of nitrogens with two attached hydrogens (primary N) is 1. The molecule has 0 atom stereocenters. The number of benzene rings is 2. The van der Waals surface area contributed by atoms with E-state index in [1.807, 2.05) is 0 Å². The third kappa shape index (κ3) is 2.45. The molecule has 0 aliphatic carbocycles. The maximum absolute atomic E-state index is 13.9. The van der Waals surface area contributed by atoms with E-state index in [-0.39, 0.29) is 5.69 Å². The Morgan fingerprint density at radius 1 is 1.10 bits per heavy atom. The topological polar surface area (TPSA) is 63.8 Å². The van der Waals surface area contributed by atoms with Gasteiger partial charge in [0.2, 0.25) is 0 Å². The summed E-state index contributed by atoms with van der Waals surface area (Å²) in [6.07, 6.45) is 1.34. The monoisotopic (exact) mass is 306 g/mol. The molecule has 0 unspecified atom stereocenters. The van der Waals surface area contributed by atoms with Crippen LogP contribution in [0, 0.1) is 11.6 Å². The molecule has 1 aromatic heterocycles. The third-order valence-corrected chi connectivity index (χ3v) is 3.29. The standard InChI is InChI=1S/C14H9ClF2N4/c15-12-9(16)2-4-11(13(12)17)21-14-8-5-7(18)1-3-10(8)19-6-20-14/h1-6H,18H2,(H,19,20,21). The number of anilines is 3. The number of nitrogens with zero attached hydrogens (tertiary/aromatic N) is 2. The molecule has 0 spiro atoms. The van der Waals surface area contributed by atoms with Crippen molar-refractivity contribution in [2.45, 2.75) is 0 Å². The van der Waals surface area contributed by atoms with Gasteiger partial charge in [-0.25, -0.2) is 18.7 Å². The SMILES string of the molecule is Nc1ccc2ncnc(Nc3ccc(F)c(Cl)c3F)c2c1. The molecule has 0 fully saturated rings. The number of fused-ring (bicyclic) bond motifs is 1. The summed E-state index contributed by atoms with van der Waals surface area (Å²) >= 11 is 5.55. The zero-order chi connectivity index (χ0) is 15.0. The van der Waals surface area contributed by atoms with E-state index >= 15 is 0 Å². The van der Waals surface area contributed by atoms with Crippen molar-refractivity contribution < 1.29 is 8.78 Å². The van der Waals surface area contributed by atoms with Gasteiger partial charge in [-0.15, -0.1) is 0 Å². The third-order valence-electron chi connectivity index (χ3n) is 2.95. The maximum Gasteiger partial charge on any atom is 0.168 e. The Kier molecular flexibility index (Phi) is 3.31. The van der Waals surface area contributed by atoms with Crippen LogP contribution in [0.3, 0.4) is 0 Å². The van der Waals surface area contributed by atoms with E-state index in [2.05, 4.69) is 15.3 Å². The van der Waals surface area contributed by atoms with Crippen molar-refractivity contribution in [3.63, 3.8) is 0 Å². The smallest absolute Gasteiger partial charge is 0.168 e. The van der Waals surface area contributed by atoms with E-state index in [0.29, 0.717) is 22.4 Å². The van der Waals surface area contributed by atoms with Gasteiger partial charge in [-0.2, -0.15) is 0 Å². The summed E-state index contributed by atoms with van der Waals surface area (Å²) in [6, 6.07) is 7.42. The molecule has 7 heteroatoms. The average Bonchev–Trinajstić information content (AvgIpc) is 2.48. The lowest BCUT2D eigenvalue weighted by atomic mass is 10.2. The zero-order valence-corrected chi connectivity index (χ0v) is 11.3. The van der Waals surface area contributed by atoms with E-state index < -0.39 is 16.7 Å². The van der Waals surface area contributed by atoms with Crippen LogP contribution in [0.15, 0.2) is 36.7 Å². The fraction of sp³-hybridized carbons (Fsp3) is 0. The van der Waals surface area contributed by atoms with Crippen LogP contribution in [0.1, 0.15) is 0 Å². The van der Waals surface area contributed by atoms with Crippen molar-refractivity contribution in [2.75, 3.05) is 11.1 Å². The van der Waals surface area contributed by atoms with Crippen LogP contribution in [0.4, 0.5) is 26.0 Å². The van der Waals surface area contributed by atoms with Gasteiger partial charge < -0.3 is 11.1 Å². The van der Waals surface area contributed by atoms with Crippen LogP contribution in [-0.4, -0.2) is 9.97 Å². The van der Waals surface area contributed by atoms with E-state index in [1.54, 1.807) is 18.2 Å². The molecule has 2 aromatic carbocycles. The predicted molar refractivity (Wildman–Crippen MR) is 78.6 cm³/mol. The second-order valence-corrected chi connectivity index (χ2v) is 4.72. The first-order valence-corrected chi connectivity index (χ1v) is 6.35. The Hall–Kier alpha value is -2.47. The van der Waals surface area contributed by atoms with Crippen molar-refractivity contribution in [2.24, 2.45) is 0 Å². The Morgan fingerprint density at radius 3 is 2.71 bits per heavy atom. The molecular formula is C14H9ClF2N4. The molecule has 0 aliphatic heterocycles. The van der Waals surface area contributed by atoms with Crippen molar-refractivity contribution in [3.05, 3.63) is 53.3 Å². The molecule has 0 saturated heterocycles. The second-order valence-electron chi connectivity index (χ2n) is 4.35. The van der Waals surface area contributed by atoms with E-state index in [0.717, 1.165) is 6.07 Å². The normalized spacial score (nSPS) is 10.8. The van der Waals surface area contributed by atoms with Crippen LogP contribution in [0.25, 0.3) is 10.9 Å². The lowest BCUT2D eigenvalue weighted by Crippen LogP contribution is -2.00. The predicted octanol–water partition coefficient (Wildman–Crippen LogP) is 3.89. The quantitative estimate of drug-likeness (QED) is 0.557. The van der Waals surface area contributed by atoms with Crippen molar-refractivity contribution in [3.8, 4) is 0 Å². The minimum atomic E-state index is -0.882. The van der Waals surface area contributed by atoms with Crippen molar-refractivity contribution >= 4 is 39.7 Å². The number of rotatable bonds is 2. The summed E-state index contributed by atoms with van der Waals surface area (Å²) in [6.45, 7) is 0. The van der Waals surface area contributed by atoms with Gasteiger partial charge in [0, 0.05) is 11.1 Å². The van der Waals surface area contributed by atoms with Crippen molar-refractivity contribution in [1.82, 2.24) is 9.97 Å². The first-order chi connectivity index (χ1) is 10.1. The molecule has 0 amide bonds. The molecule has 3 rings (SSSR count). The van der Waals surface area contributed by atoms with Crippen LogP contribution in [0.2, 0.25) is 5.02 Å². The highest BCUT2D eigenvalue weighted by molar-refractivity contribution is 6.31. The summed E-state index contributed by atoms with van der Waals surface area (Å²) < 4.78 is 27.1. The lowest BCUT2D eigenvalue weighted by Gasteiger charge is -2.10. The number of halogens is 3. The molecule has 0 radical (unpaired) electrons. The minimum absolute atomic E-state index is 0.0174. The van der Waals surface area contributed by atoms with Gasteiger partial charge in [-0.05, 0) is 30.3 Å². The highest BCUT2D eigenvalue weighted by Crippen LogP contribution is 2.30. The molecule has 1 heterocycles. The van der Waals surface area contributed by atoms with Crippen LogP contribution < -0.4 is 11.1 Å². The number of hydrogen-bond acceptors (Lipinski definition) is 4. The highest BCUT2D eigenvalue weighted by Gasteiger charge is 2.13. The average molecular weight is 307 g/mol. The van der Waals surface area contributed by atoms with E-state index in [1.165, 1.54) is 12.4 Å². The molecule has 3 aromatic rings. The largest absolute Gasteiger partial charge is 0.399 e. The van der Waals surface area contributed by atoms with Gasteiger partial charge in [0.15, 0.2) is 5.82 Å². The van der Waals surface area contributed by atoms with Crippen LogP contribution in [-0.2, 0) is 0 Å². The molecule has 4 nitrogen and oxygen atoms in total. The van der Waals surface area contributed by atoms with Gasteiger partial charge >= 0.3 is 0 Å². The fourth-order valence-electron chi connectivity index (χ4n) is 1.92. The van der Waals surface area contributed by atoms with Gasteiger partial charge in [0.25, 0.3) is 0 Å². The molecule has 21 heavy (non-hydrogen) atoms. The summed E-state index contributed by atoms with van der Waals surface area (Å²) in [7, 11) is 0. The molecule has 0 saturated carbocycles. The van der Waals surface area contributed by atoms with Crippen molar-refractivity contribution in [1.29, 1.82) is 0 Å². The molecule has 3 N–H and O–H groups in total. The molecule has 0 aliphatic rings. The molecule has 0 bridgehead atoms. The highest BCUT2D eigenvalue weighted by atomic mass is 35.5. The maximum atomic E-state index is 13.9. The minimum Gasteiger partial charge on any atom is -0.399 e. The number of aromatic nitrogens is 2. The number of nitrogens with one attached hydrogen (secondary N) is 1. The first-order valence-electron chi connectivity index (χ1n) is 5.97. The van der Waals surface area contributed by atoms with Crippen LogP contribution in [0.5, 0.6) is 0 Å². The van der Waals surface area contributed by atoms with E-state index in [9.17, 15) is 8.78 Å². The molecule has 106 valence electrons. The van der Waals surface area contributed by atoms with Gasteiger partial charge in [0.1, 0.15) is 23.0 Å². The first kappa shape index (κ1) is 13.5. The number of hydrogen-bond donors (Lipinski definition) is 2. The fourth-order valence-corrected chi connectivity index (χ4v) is 2.09. The zero-order valence-electron chi connectivity index (χ0n) is 10.6. The van der Waals surface area contributed by atoms with E-state index in [4.69, 9.17) is 17.3 Å². The Morgan fingerprint density at radius 2 is 1.90 bits per heavy atom. The Balaban J connectivity index is 2.10. The summed E-state index contributed by atoms with van der Waals surface area (Å²) in [5.74, 6) is -1.35. The summed E-state index contributed by atoms with van der Waals surface area (Å²) in [5.41, 5.74) is 6.92. The lowest BCUT2D eigenvalue weighted by molar-refractivity contribution is 0.587. The van der Waals surface area contributed by atoms with Gasteiger partial charge in [-0.1, -0.05) is 11.6 Å². The Labute approximate surface area is 123 Å². The van der Waals surface area contributed by atoms with Gasteiger partial charge in [0.05, 0.1) is 11.2 Å². The number of nitrogen functional groups attached to an aromatic ring is 1. The second kappa shape index (κ2) is 5.14.